The van der Waals surface area contributed by atoms with Crippen molar-refractivity contribution in [2.24, 2.45) is 5.10 Å². The smallest absolute Gasteiger partial charge is 0.213 e. The molecule has 31 heavy (non-hydrogen) atoms. The highest BCUT2D eigenvalue weighted by Gasteiger charge is 2.42. The summed E-state index contributed by atoms with van der Waals surface area (Å²) in [6, 6.07) is 20.8. The number of rotatable bonds is 3. The van der Waals surface area contributed by atoms with Crippen molar-refractivity contribution in [2.75, 3.05) is 0 Å². The van der Waals surface area contributed by atoms with Crippen molar-refractivity contribution in [3.63, 3.8) is 0 Å². The first-order valence-electron chi connectivity index (χ1n) is 10.6. The van der Waals surface area contributed by atoms with Gasteiger partial charge in [-0.2, -0.15) is 5.10 Å². The molecule has 5 rings (SSSR count). The number of fused-ring (bicyclic) bond motifs is 3. The fraction of sp³-hybridized carbons (Fsp3) is 0.269. The Bertz CT molecular complexity index is 1150. The van der Waals surface area contributed by atoms with Gasteiger partial charge in [0, 0.05) is 22.6 Å². The van der Waals surface area contributed by atoms with E-state index in [0.717, 1.165) is 28.8 Å². The van der Waals surface area contributed by atoms with Gasteiger partial charge in [-0.15, -0.1) is 0 Å². The van der Waals surface area contributed by atoms with E-state index in [4.69, 9.17) is 33.0 Å². The zero-order chi connectivity index (χ0) is 21.7. The summed E-state index contributed by atoms with van der Waals surface area (Å²) >= 11 is 12.9. The van der Waals surface area contributed by atoms with Crippen LogP contribution in [0.15, 0.2) is 65.8 Å². The van der Waals surface area contributed by atoms with Gasteiger partial charge in [0.2, 0.25) is 6.23 Å². The molecule has 0 N–H and O–H groups in total. The monoisotopic (exact) mass is 450 g/mol. The van der Waals surface area contributed by atoms with Gasteiger partial charge in [-0.3, -0.25) is 0 Å². The van der Waals surface area contributed by atoms with Crippen molar-refractivity contribution in [1.29, 1.82) is 0 Å². The second-order valence-electron chi connectivity index (χ2n) is 8.61. The van der Waals surface area contributed by atoms with Crippen molar-refractivity contribution in [3.05, 3.63) is 98.5 Å². The highest BCUT2D eigenvalue weighted by atomic mass is 35.5. The van der Waals surface area contributed by atoms with Crippen LogP contribution in [0.2, 0.25) is 10.0 Å². The first-order chi connectivity index (χ1) is 14.9. The normalized spacial score (nSPS) is 19.7. The van der Waals surface area contributed by atoms with E-state index in [1.807, 2.05) is 6.07 Å². The van der Waals surface area contributed by atoms with Gasteiger partial charge in [0.25, 0.3) is 0 Å². The third-order valence-corrected chi connectivity index (χ3v) is 6.58. The second-order valence-corrected chi connectivity index (χ2v) is 9.45. The molecule has 2 atom stereocenters. The maximum atomic E-state index is 6.56. The summed E-state index contributed by atoms with van der Waals surface area (Å²) in [5.41, 5.74) is 6.74. The molecule has 0 fully saturated rings. The zero-order valence-electron chi connectivity index (χ0n) is 17.8. The Labute approximate surface area is 193 Å². The quantitative estimate of drug-likeness (QED) is 0.408. The molecule has 2 aliphatic heterocycles. The van der Waals surface area contributed by atoms with Crippen LogP contribution in [0.5, 0.6) is 5.75 Å². The maximum Gasteiger partial charge on any atom is 0.213 e. The van der Waals surface area contributed by atoms with Gasteiger partial charge < -0.3 is 4.74 Å². The molecule has 3 aromatic carbocycles. The van der Waals surface area contributed by atoms with Crippen molar-refractivity contribution in [1.82, 2.24) is 5.01 Å². The topological polar surface area (TPSA) is 24.8 Å². The molecule has 3 nitrogen and oxygen atoms in total. The molecule has 0 amide bonds. The number of halogens is 2. The summed E-state index contributed by atoms with van der Waals surface area (Å²) in [5.74, 6) is 1.18. The molecular formula is C26H24Cl2N2O. The molecule has 2 aliphatic rings. The van der Waals surface area contributed by atoms with Crippen LogP contribution in [0.3, 0.4) is 0 Å². The summed E-state index contributed by atoms with van der Waals surface area (Å²) < 4.78 is 6.45. The van der Waals surface area contributed by atoms with E-state index in [1.165, 1.54) is 11.1 Å². The average Bonchev–Trinajstić information content (AvgIpc) is 3.19. The lowest BCUT2D eigenvalue weighted by atomic mass is 9.95. The van der Waals surface area contributed by atoms with Crippen molar-refractivity contribution in [2.45, 2.75) is 45.4 Å². The molecule has 0 unspecified atom stereocenters. The van der Waals surface area contributed by atoms with Crippen molar-refractivity contribution in [3.8, 4) is 5.75 Å². The van der Waals surface area contributed by atoms with Crippen LogP contribution < -0.4 is 4.74 Å². The standard InChI is InChI=1S/C26H24Cl2N2O/c1-15(2)17-8-10-19(11-9-17)26-30-24(21-12-20(27)13-22(28)25(21)31-26)14-23(29-30)18-6-4-16(3)5-7-18/h4-13,15,24,26H,14H2,1-3H3/t24-,26+/m1/s1. The van der Waals surface area contributed by atoms with E-state index < -0.39 is 0 Å². The number of nitrogens with zero attached hydrogens (tertiary/aromatic N) is 2. The fourth-order valence-corrected chi connectivity index (χ4v) is 4.85. The third-order valence-electron chi connectivity index (χ3n) is 6.08. The van der Waals surface area contributed by atoms with E-state index in [2.05, 4.69) is 74.3 Å². The van der Waals surface area contributed by atoms with Crippen LogP contribution in [0.1, 0.15) is 66.3 Å². The predicted molar refractivity (Wildman–Crippen MR) is 127 cm³/mol. The predicted octanol–water partition coefficient (Wildman–Crippen LogP) is 7.67. The van der Waals surface area contributed by atoms with Gasteiger partial charge in [0.15, 0.2) is 0 Å². The Morgan fingerprint density at radius 2 is 1.71 bits per heavy atom. The maximum absolute atomic E-state index is 6.56. The zero-order valence-corrected chi connectivity index (χ0v) is 19.3. The van der Waals surface area contributed by atoms with Crippen LogP contribution in [0.25, 0.3) is 0 Å². The molecule has 3 aromatic rings. The molecule has 0 aromatic heterocycles. The van der Waals surface area contributed by atoms with Crippen LogP contribution in [0.4, 0.5) is 0 Å². The van der Waals surface area contributed by atoms with Gasteiger partial charge in [0.1, 0.15) is 5.75 Å². The summed E-state index contributed by atoms with van der Waals surface area (Å²) in [5, 5.41) is 8.23. The largest absolute Gasteiger partial charge is 0.463 e. The number of hydrazone groups is 1. The third kappa shape index (κ3) is 3.71. The second kappa shape index (κ2) is 7.89. The minimum Gasteiger partial charge on any atom is -0.463 e. The van der Waals surface area contributed by atoms with Crippen molar-refractivity contribution < 1.29 is 4.74 Å². The van der Waals surface area contributed by atoms with E-state index in [9.17, 15) is 0 Å². The molecule has 5 heteroatoms. The summed E-state index contributed by atoms with van der Waals surface area (Å²) in [6.45, 7) is 6.48. The lowest BCUT2D eigenvalue weighted by Crippen LogP contribution is -2.33. The Kier molecular flexibility index (Phi) is 5.19. The highest BCUT2D eigenvalue weighted by molar-refractivity contribution is 6.35. The van der Waals surface area contributed by atoms with E-state index in [0.29, 0.717) is 21.7 Å². The van der Waals surface area contributed by atoms with Gasteiger partial charge >= 0.3 is 0 Å². The first kappa shape index (κ1) is 20.4. The van der Waals surface area contributed by atoms with E-state index in [-0.39, 0.29) is 12.3 Å². The molecular weight excluding hydrogens is 427 g/mol. The number of hydrogen-bond acceptors (Lipinski definition) is 3. The van der Waals surface area contributed by atoms with Crippen LogP contribution in [0, 0.1) is 6.92 Å². The molecule has 0 bridgehead atoms. The number of hydrogen-bond donors (Lipinski definition) is 0. The molecule has 0 aliphatic carbocycles. The Morgan fingerprint density at radius 3 is 2.39 bits per heavy atom. The SMILES string of the molecule is Cc1ccc(C2=NN3[C@H](C2)c2cc(Cl)cc(Cl)c2O[C@H]3c2ccc(C(C)C)cc2)cc1. The Morgan fingerprint density at radius 1 is 1.00 bits per heavy atom. The van der Waals surface area contributed by atoms with Crippen molar-refractivity contribution >= 4 is 28.9 Å². The summed E-state index contributed by atoms with van der Waals surface area (Å²) in [6.07, 6.45) is 0.428. The van der Waals surface area contributed by atoms with Crippen LogP contribution in [-0.2, 0) is 0 Å². The minimum absolute atomic E-state index is 0.0195. The Hall–Kier alpha value is -2.49. The van der Waals surface area contributed by atoms with E-state index in [1.54, 1.807) is 6.07 Å². The lowest BCUT2D eigenvalue weighted by Gasteiger charge is -2.38. The van der Waals surface area contributed by atoms with Gasteiger partial charge in [0.05, 0.1) is 16.8 Å². The molecule has 2 heterocycles. The van der Waals surface area contributed by atoms with Gasteiger partial charge in [-0.1, -0.05) is 91.1 Å². The number of ether oxygens (including phenoxy) is 1. The fourth-order valence-electron chi connectivity index (χ4n) is 4.30. The van der Waals surface area contributed by atoms with E-state index >= 15 is 0 Å². The molecule has 0 spiro atoms. The Balaban J connectivity index is 1.59. The lowest BCUT2D eigenvalue weighted by molar-refractivity contribution is -0.0189. The number of benzene rings is 3. The molecule has 0 saturated heterocycles. The molecule has 158 valence electrons. The van der Waals surface area contributed by atoms with Gasteiger partial charge in [-0.05, 0) is 36.1 Å². The highest BCUT2D eigenvalue weighted by Crippen LogP contribution is 2.50. The first-order valence-corrected chi connectivity index (χ1v) is 11.3. The molecule has 0 radical (unpaired) electrons. The minimum atomic E-state index is -0.347. The van der Waals surface area contributed by atoms with Crippen LogP contribution >= 0.6 is 23.2 Å². The number of aryl methyl sites for hydroxylation is 1. The summed E-state index contributed by atoms with van der Waals surface area (Å²) in [4.78, 5) is 0. The summed E-state index contributed by atoms with van der Waals surface area (Å²) in [7, 11) is 0. The molecule has 0 saturated carbocycles. The average molecular weight is 451 g/mol. The van der Waals surface area contributed by atoms with Gasteiger partial charge in [-0.25, -0.2) is 5.01 Å². The van der Waals surface area contributed by atoms with Crippen LogP contribution in [-0.4, -0.2) is 10.7 Å².